The zero-order valence-corrected chi connectivity index (χ0v) is 7.78. The third-order valence-electron chi connectivity index (χ3n) is 1.39. The largest absolute Gasteiger partial charge is 0.423 e. The van der Waals surface area contributed by atoms with Crippen molar-refractivity contribution < 1.29 is 14.6 Å². The molecule has 0 saturated carbocycles. The number of benzene rings is 1. The van der Waals surface area contributed by atoms with Gasteiger partial charge in [-0.25, -0.2) is 4.79 Å². The van der Waals surface area contributed by atoms with E-state index in [0.717, 1.165) is 0 Å². The topological polar surface area (TPSA) is 46.5 Å². The molecule has 0 radical (unpaired) electrons. The van der Waals surface area contributed by atoms with Crippen LogP contribution in [0.4, 0.5) is 0 Å². The molecule has 0 aliphatic heterocycles. The first kappa shape index (κ1) is 10.0. The Morgan fingerprint density at radius 3 is 2.69 bits per heavy atom. The van der Waals surface area contributed by atoms with Crippen LogP contribution in [0.1, 0.15) is 6.92 Å². The minimum atomic E-state index is -1.14. The molecule has 0 bridgehead atoms. The number of halogens is 1. The average molecular weight is 201 g/mol. The van der Waals surface area contributed by atoms with E-state index in [-0.39, 0.29) is 5.75 Å². The molecule has 1 aromatic carbocycles. The van der Waals surface area contributed by atoms with Gasteiger partial charge in [0.1, 0.15) is 11.9 Å². The number of rotatable bonds is 2. The molecule has 4 heteroatoms. The van der Waals surface area contributed by atoms with Gasteiger partial charge in [-0.1, -0.05) is 23.7 Å². The summed E-state index contributed by atoms with van der Waals surface area (Å²) in [7, 11) is 0. The van der Waals surface area contributed by atoms with E-state index < -0.39 is 12.1 Å². The van der Waals surface area contributed by atoms with E-state index in [1.165, 1.54) is 6.92 Å². The lowest BCUT2D eigenvalue weighted by molar-refractivity contribution is -0.142. The SMILES string of the molecule is CC(O)C(=O)Oc1ccccc1Cl. The van der Waals surface area contributed by atoms with E-state index in [0.29, 0.717) is 5.02 Å². The number of aliphatic hydroxyl groups excluding tert-OH is 1. The number of para-hydroxylation sites is 1. The molecule has 0 aromatic heterocycles. The van der Waals surface area contributed by atoms with Crippen LogP contribution in [0.3, 0.4) is 0 Å². The van der Waals surface area contributed by atoms with Crippen molar-refractivity contribution in [2.45, 2.75) is 13.0 Å². The molecule has 1 aromatic rings. The molecule has 0 amide bonds. The molecular weight excluding hydrogens is 192 g/mol. The molecule has 1 atom stereocenters. The molecule has 1 N–H and O–H groups in total. The van der Waals surface area contributed by atoms with Crippen molar-refractivity contribution in [2.75, 3.05) is 0 Å². The van der Waals surface area contributed by atoms with Crippen molar-refractivity contribution in [3.05, 3.63) is 29.3 Å². The van der Waals surface area contributed by atoms with Gasteiger partial charge in [0.05, 0.1) is 5.02 Å². The van der Waals surface area contributed by atoms with Crippen LogP contribution in [0.25, 0.3) is 0 Å². The normalized spacial score (nSPS) is 12.2. The Bertz CT molecular complexity index is 309. The number of aliphatic hydroxyl groups is 1. The van der Waals surface area contributed by atoms with Crippen LogP contribution in [0.2, 0.25) is 5.02 Å². The lowest BCUT2D eigenvalue weighted by Crippen LogP contribution is -2.22. The van der Waals surface area contributed by atoms with Gasteiger partial charge in [0.15, 0.2) is 0 Å². The van der Waals surface area contributed by atoms with Gasteiger partial charge < -0.3 is 9.84 Å². The van der Waals surface area contributed by atoms with E-state index >= 15 is 0 Å². The van der Waals surface area contributed by atoms with Crippen LogP contribution in [0.15, 0.2) is 24.3 Å². The van der Waals surface area contributed by atoms with Crippen LogP contribution in [-0.4, -0.2) is 17.2 Å². The van der Waals surface area contributed by atoms with Gasteiger partial charge >= 0.3 is 5.97 Å². The highest BCUT2D eigenvalue weighted by Crippen LogP contribution is 2.23. The first-order valence-electron chi connectivity index (χ1n) is 3.75. The summed E-state index contributed by atoms with van der Waals surface area (Å²) < 4.78 is 4.79. The summed E-state index contributed by atoms with van der Waals surface area (Å²) in [4.78, 5) is 10.9. The van der Waals surface area contributed by atoms with Gasteiger partial charge in [0.25, 0.3) is 0 Å². The zero-order chi connectivity index (χ0) is 9.84. The zero-order valence-electron chi connectivity index (χ0n) is 7.03. The summed E-state index contributed by atoms with van der Waals surface area (Å²) >= 11 is 5.71. The fraction of sp³-hybridized carbons (Fsp3) is 0.222. The fourth-order valence-electron chi connectivity index (χ4n) is 0.721. The first-order chi connectivity index (χ1) is 6.11. The van der Waals surface area contributed by atoms with Crippen molar-refractivity contribution in [3.8, 4) is 5.75 Å². The minimum absolute atomic E-state index is 0.259. The fourth-order valence-corrected chi connectivity index (χ4v) is 0.895. The third-order valence-corrected chi connectivity index (χ3v) is 1.70. The number of carbonyl (C=O) groups excluding carboxylic acids is 1. The van der Waals surface area contributed by atoms with Crippen LogP contribution < -0.4 is 4.74 Å². The average Bonchev–Trinajstić information content (AvgIpc) is 2.08. The molecule has 0 spiro atoms. The second-order valence-electron chi connectivity index (χ2n) is 2.53. The first-order valence-corrected chi connectivity index (χ1v) is 4.13. The predicted molar refractivity (Wildman–Crippen MR) is 48.8 cm³/mol. The summed E-state index contributed by atoms with van der Waals surface area (Å²) in [6, 6.07) is 6.58. The van der Waals surface area contributed by atoms with Gasteiger partial charge in [-0.2, -0.15) is 0 Å². The standard InChI is InChI=1S/C9H9ClO3/c1-6(11)9(12)13-8-5-3-2-4-7(8)10/h2-6,11H,1H3. The summed E-state index contributed by atoms with van der Waals surface area (Å²) in [6.45, 7) is 1.33. The van der Waals surface area contributed by atoms with E-state index in [1.807, 2.05) is 0 Å². The highest BCUT2D eigenvalue weighted by atomic mass is 35.5. The van der Waals surface area contributed by atoms with Crippen LogP contribution in [0, 0.1) is 0 Å². The van der Waals surface area contributed by atoms with Crippen LogP contribution >= 0.6 is 11.6 Å². The van der Waals surface area contributed by atoms with Crippen molar-refractivity contribution in [3.63, 3.8) is 0 Å². The van der Waals surface area contributed by atoms with Crippen molar-refractivity contribution in [1.29, 1.82) is 0 Å². The molecule has 0 heterocycles. The molecule has 1 rings (SSSR count). The Morgan fingerprint density at radius 2 is 2.15 bits per heavy atom. The van der Waals surface area contributed by atoms with Gasteiger partial charge in [-0.15, -0.1) is 0 Å². The van der Waals surface area contributed by atoms with Crippen molar-refractivity contribution in [2.24, 2.45) is 0 Å². The number of ether oxygens (including phenoxy) is 1. The maximum absolute atomic E-state index is 10.9. The lowest BCUT2D eigenvalue weighted by Gasteiger charge is -2.06. The van der Waals surface area contributed by atoms with E-state index in [2.05, 4.69) is 0 Å². The Kier molecular flexibility index (Phi) is 3.28. The van der Waals surface area contributed by atoms with Gasteiger partial charge in [-0.05, 0) is 19.1 Å². The Hall–Kier alpha value is -1.06. The summed E-state index contributed by atoms with van der Waals surface area (Å²) in [6.07, 6.45) is -1.14. The van der Waals surface area contributed by atoms with Gasteiger partial charge in [0.2, 0.25) is 0 Å². The van der Waals surface area contributed by atoms with E-state index in [1.54, 1.807) is 24.3 Å². The molecule has 70 valence electrons. The molecule has 0 aliphatic carbocycles. The number of carbonyl (C=O) groups is 1. The maximum atomic E-state index is 10.9. The maximum Gasteiger partial charge on any atom is 0.340 e. The number of hydrogen-bond acceptors (Lipinski definition) is 3. The molecule has 1 unspecified atom stereocenters. The van der Waals surface area contributed by atoms with Crippen LogP contribution in [-0.2, 0) is 4.79 Å². The predicted octanol–water partition coefficient (Wildman–Crippen LogP) is 1.63. The Morgan fingerprint density at radius 1 is 1.54 bits per heavy atom. The third kappa shape index (κ3) is 2.72. The smallest absolute Gasteiger partial charge is 0.340 e. The second kappa shape index (κ2) is 4.25. The van der Waals surface area contributed by atoms with Crippen LogP contribution in [0.5, 0.6) is 5.75 Å². The monoisotopic (exact) mass is 200 g/mol. The minimum Gasteiger partial charge on any atom is -0.423 e. The van der Waals surface area contributed by atoms with E-state index in [9.17, 15) is 4.79 Å². The van der Waals surface area contributed by atoms with Crippen molar-refractivity contribution >= 4 is 17.6 Å². The lowest BCUT2D eigenvalue weighted by atomic mass is 10.3. The molecule has 13 heavy (non-hydrogen) atoms. The molecule has 0 saturated heterocycles. The van der Waals surface area contributed by atoms with Gasteiger partial charge in [-0.3, -0.25) is 0 Å². The molecule has 0 fully saturated rings. The highest BCUT2D eigenvalue weighted by Gasteiger charge is 2.12. The number of esters is 1. The molecular formula is C9H9ClO3. The quantitative estimate of drug-likeness (QED) is 0.583. The summed E-state index contributed by atoms with van der Waals surface area (Å²) in [5.41, 5.74) is 0. The Balaban J connectivity index is 2.75. The summed E-state index contributed by atoms with van der Waals surface area (Å²) in [5, 5.41) is 9.20. The highest BCUT2D eigenvalue weighted by molar-refractivity contribution is 6.32. The molecule has 0 aliphatic rings. The molecule has 3 nitrogen and oxygen atoms in total. The van der Waals surface area contributed by atoms with E-state index in [4.69, 9.17) is 21.4 Å². The van der Waals surface area contributed by atoms with Crippen molar-refractivity contribution in [1.82, 2.24) is 0 Å². The summed E-state index contributed by atoms with van der Waals surface area (Å²) in [5.74, 6) is -0.455. The Labute approximate surface area is 80.9 Å². The van der Waals surface area contributed by atoms with Gasteiger partial charge in [0, 0.05) is 0 Å². The number of hydrogen-bond donors (Lipinski definition) is 1. The second-order valence-corrected chi connectivity index (χ2v) is 2.93.